The smallest absolute Gasteiger partial charge is 0.185 e. The molecule has 1 aromatic heterocycles. The molecule has 0 saturated carbocycles. The first-order chi connectivity index (χ1) is 9.69. The minimum absolute atomic E-state index is 0.375. The summed E-state index contributed by atoms with van der Waals surface area (Å²) in [7, 11) is 0. The second-order valence-electron chi connectivity index (χ2n) is 5.80. The van der Waals surface area contributed by atoms with Crippen molar-refractivity contribution < 1.29 is 4.74 Å². The molecule has 2 rings (SSSR count). The van der Waals surface area contributed by atoms with Crippen LogP contribution >= 0.6 is 11.3 Å². The van der Waals surface area contributed by atoms with Crippen molar-refractivity contribution in [3.05, 3.63) is 11.1 Å². The number of ether oxygens (including phenoxy) is 1. The Balaban J connectivity index is 1.84. The van der Waals surface area contributed by atoms with E-state index in [-0.39, 0.29) is 0 Å². The van der Waals surface area contributed by atoms with E-state index < -0.39 is 0 Å². The van der Waals surface area contributed by atoms with Crippen molar-refractivity contribution in [2.24, 2.45) is 5.92 Å². The van der Waals surface area contributed by atoms with Crippen LogP contribution in [0, 0.1) is 5.92 Å². The lowest BCUT2D eigenvalue weighted by Crippen LogP contribution is -2.39. The molecule has 1 fully saturated rings. The molecule has 1 atom stereocenters. The summed E-state index contributed by atoms with van der Waals surface area (Å²) in [5, 5.41) is 4.62. The molecular formula is C15H27N3OS. The molecule has 0 amide bonds. The Hall–Kier alpha value is -0.650. The third-order valence-electron chi connectivity index (χ3n) is 3.44. The lowest BCUT2D eigenvalue weighted by molar-refractivity contribution is 0.0526. The van der Waals surface area contributed by atoms with Crippen LogP contribution in [0.4, 0.5) is 5.13 Å². The lowest BCUT2D eigenvalue weighted by atomic mass is 10.1. The van der Waals surface area contributed by atoms with Gasteiger partial charge in [-0.05, 0) is 32.2 Å². The van der Waals surface area contributed by atoms with Crippen LogP contribution in [0.3, 0.4) is 0 Å². The van der Waals surface area contributed by atoms with Crippen molar-refractivity contribution >= 4 is 16.5 Å². The van der Waals surface area contributed by atoms with Crippen molar-refractivity contribution in [2.75, 3.05) is 31.1 Å². The topological polar surface area (TPSA) is 37.4 Å². The number of hydrogen-bond acceptors (Lipinski definition) is 5. The number of anilines is 1. The molecule has 1 aromatic rings. The Morgan fingerprint density at radius 2 is 2.40 bits per heavy atom. The average molecular weight is 297 g/mol. The minimum Gasteiger partial charge on any atom is -0.377 e. The number of nitrogens with zero attached hydrogens (tertiary/aromatic N) is 2. The monoisotopic (exact) mass is 297 g/mol. The summed E-state index contributed by atoms with van der Waals surface area (Å²) in [6.45, 7) is 11.4. The summed E-state index contributed by atoms with van der Waals surface area (Å²) in [6.07, 6.45) is 4.77. The molecule has 5 heteroatoms. The quantitative estimate of drug-likeness (QED) is 0.840. The molecule has 0 aliphatic carbocycles. The SMILES string of the molecule is CCOC1CCCN(c2ncc(CNCC(C)C)s2)C1. The molecule has 1 saturated heterocycles. The molecule has 1 unspecified atom stereocenters. The minimum atomic E-state index is 0.375. The standard InChI is InChI=1S/C15H27N3OS/c1-4-19-13-6-5-7-18(11-13)15-17-10-14(20-15)9-16-8-12(2)3/h10,12-13,16H,4-9,11H2,1-3H3. The fourth-order valence-electron chi connectivity index (χ4n) is 2.49. The zero-order valence-electron chi connectivity index (χ0n) is 12.9. The fraction of sp³-hybridized carbons (Fsp3) is 0.800. The van der Waals surface area contributed by atoms with Crippen molar-refractivity contribution in [1.29, 1.82) is 0 Å². The maximum atomic E-state index is 5.76. The summed E-state index contributed by atoms with van der Waals surface area (Å²) in [6, 6.07) is 0. The van der Waals surface area contributed by atoms with Gasteiger partial charge in [-0.25, -0.2) is 4.98 Å². The third kappa shape index (κ3) is 4.72. The van der Waals surface area contributed by atoms with Gasteiger partial charge < -0.3 is 15.0 Å². The Morgan fingerprint density at radius 1 is 1.55 bits per heavy atom. The number of rotatable bonds is 7. The number of nitrogens with one attached hydrogen (secondary N) is 1. The lowest BCUT2D eigenvalue weighted by Gasteiger charge is -2.32. The van der Waals surface area contributed by atoms with Crippen molar-refractivity contribution in [3.8, 4) is 0 Å². The van der Waals surface area contributed by atoms with Gasteiger partial charge in [-0.1, -0.05) is 13.8 Å². The Kier molecular flexibility index (Phi) is 6.26. The van der Waals surface area contributed by atoms with Crippen LogP contribution in [0.5, 0.6) is 0 Å². The van der Waals surface area contributed by atoms with Gasteiger partial charge in [0.25, 0.3) is 0 Å². The Morgan fingerprint density at radius 3 is 3.15 bits per heavy atom. The fourth-order valence-corrected chi connectivity index (χ4v) is 3.41. The molecular weight excluding hydrogens is 270 g/mol. The van der Waals surface area contributed by atoms with Crippen LogP contribution in [-0.2, 0) is 11.3 Å². The summed E-state index contributed by atoms with van der Waals surface area (Å²) in [5.41, 5.74) is 0. The van der Waals surface area contributed by atoms with Crippen LogP contribution in [0.15, 0.2) is 6.20 Å². The van der Waals surface area contributed by atoms with E-state index >= 15 is 0 Å². The highest BCUT2D eigenvalue weighted by Crippen LogP contribution is 2.26. The number of thiazole rings is 1. The number of piperidine rings is 1. The summed E-state index contributed by atoms with van der Waals surface area (Å²) < 4.78 is 5.76. The number of hydrogen-bond donors (Lipinski definition) is 1. The van der Waals surface area contributed by atoms with Gasteiger partial charge in [-0.2, -0.15) is 0 Å². The van der Waals surface area contributed by atoms with Gasteiger partial charge in [0.1, 0.15) is 0 Å². The summed E-state index contributed by atoms with van der Waals surface area (Å²) >= 11 is 1.81. The molecule has 0 aromatic carbocycles. The van der Waals surface area contributed by atoms with Gasteiger partial charge in [-0.3, -0.25) is 0 Å². The Bertz CT molecular complexity index is 392. The van der Waals surface area contributed by atoms with E-state index in [0.29, 0.717) is 12.0 Å². The predicted molar refractivity (Wildman–Crippen MR) is 85.5 cm³/mol. The van der Waals surface area contributed by atoms with Crippen molar-refractivity contribution in [2.45, 2.75) is 46.3 Å². The molecule has 20 heavy (non-hydrogen) atoms. The predicted octanol–water partition coefficient (Wildman–Crippen LogP) is 2.89. The van der Waals surface area contributed by atoms with Gasteiger partial charge >= 0.3 is 0 Å². The zero-order valence-corrected chi connectivity index (χ0v) is 13.7. The van der Waals surface area contributed by atoms with Crippen LogP contribution in [0.25, 0.3) is 0 Å². The average Bonchev–Trinajstić information content (AvgIpc) is 2.88. The van der Waals surface area contributed by atoms with Crippen molar-refractivity contribution in [1.82, 2.24) is 10.3 Å². The van der Waals surface area contributed by atoms with Crippen molar-refractivity contribution in [3.63, 3.8) is 0 Å². The van der Waals surface area contributed by atoms with E-state index in [0.717, 1.165) is 37.9 Å². The Labute approximate surface area is 126 Å². The molecule has 2 heterocycles. The van der Waals surface area contributed by atoms with Gasteiger partial charge in [0, 0.05) is 37.3 Å². The normalized spacial score (nSPS) is 19.8. The maximum absolute atomic E-state index is 5.76. The highest BCUT2D eigenvalue weighted by atomic mass is 32.1. The van der Waals surface area contributed by atoms with E-state index in [9.17, 15) is 0 Å². The van der Waals surface area contributed by atoms with Crippen LogP contribution in [0.1, 0.15) is 38.5 Å². The van der Waals surface area contributed by atoms with Gasteiger partial charge in [0.2, 0.25) is 0 Å². The first-order valence-corrected chi connectivity index (χ1v) is 8.52. The largest absolute Gasteiger partial charge is 0.377 e. The first-order valence-electron chi connectivity index (χ1n) is 7.71. The summed E-state index contributed by atoms with van der Waals surface area (Å²) in [5.74, 6) is 0.691. The highest BCUT2D eigenvalue weighted by Gasteiger charge is 2.22. The molecule has 1 aliphatic heterocycles. The van der Waals surface area contributed by atoms with Gasteiger partial charge in [-0.15, -0.1) is 11.3 Å². The molecule has 1 aliphatic rings. The molecule has 0 bridgehead atoms. The van der Waals surface area contributed by atoms with Gasteiger partial charge in [0.05, 0.1) is 6.10 Å². The zero-order chi connectivity index (χ0) is 14.4. The highest BCUT2D eigenvalue weighted by molar-refractivity contribution is 7.15. The molecule has 0 spiro atoms. The van der Waals surface area contributed by atoms with Crippen LogP contribution in [-0.4, -0.2) is 37.3 Å². The van der Waals surface area contributed by atoms with E-state index in [1.54, 1.807) is 0 Å². The number of aromatic nitrogens is 1. The molecule has 1 N–H and O–H groups in total. The summed E-state index contributed by atoms with van der Waals surface area (Å²) in [4.78, 5) is 8.28. The van der Waals surface area contributed by atoms with Gasteiger partial charge in [0.15, 0.2) is 5.13 Å². The van der Waals surface area contributed by atoms with E-state index in [4.69, 9.17) is 4.74 Å². The first kappa shape index (κ1) is 15.7. The van der Waals surface area contributed by atoms with E-state index in [1.807, 2.05) is 17.5 Å². The van der Waals surface area contributed by atoms with Crippen LogP contribution in [0.2, 0.25) is 0 Å². The van der Waals surface area contributed by atoms with E-state index in [1.165, 1.54) is 17.7 Å². The molecule has 4 nitrogen and oxygen atoms in total. The van der Waals surface area contributed by atoms with Crippen LogP contribution < -0.4 is 10.2 Å². The maximum Gasteiger partial charge on any atom is 0.185 e. The van der Waals surface area contributed by atoms with E-state index in [2.05, 4.69) is 36.0 Å². The molecule has 0 radical (unpaired) electrons. The third-order valence-corrected chi connectivity index (χ3v) is 4.50. The molecule has 114 valence electrons. The second-order valence-corrected chi connectivity index (χ2v) is 6.89. The second kappa shape index (κ2) is 7.96.